The molecular formula is C11H16N2O4. The zero-order valence-corrected chi connectivity index (χ0v) is 10.0. The molecule has 2 fully saturated rings. The second-order valence-electron chi connectivity index (χ2n) is 4.60. The summed E-state index contributed by atoms with van der Waals surface area (Å²) >= 11 is 0. The average Bonchev–Trinajstić information content (AvgIpc) is 2.82. The maximum atomic E-state index is 11.9. The molecule has 0 saturated carbocycles. The van der Waals surface area contributed by atoms with Crippen LogP contribution in [0.15, 0.2) is 0 Å². The van der Waals surface area contributed by atoms with E-state index >= 15 is 0 Å². The van der Waals surface area contributed by atoms with Gasteiger partial charge in [0.1, 0.15) is 0 Å². The molecule has 0 aromatic rings. The van der Waals surface area contributed by atoms with Gasteiger partial charge < -0.3 is 4.74 Å². The molecule has 0 aromatic carbocycles. The molecule has 0 spiro atoms. The highest BCUT2D eigenvalue weighted by atomic mass is 16.5. The minimum Gasteiger partial charge on any atom is -0.376 e. The molecule has 2 saturated heterocycles. The van der Waals surface area contributed by atoms with Crippen molar-refractivity contribution in [2.45, 2.75) is 38.8 Å². The van der Waals surface area contributed by atoms with Crippen molar-refractivity contribution in [1.82, 2.24) is 9.80 Å². The summed E-state index contributed by atoms with van der Waals surface area (Å²) in [5.74, 6) is -1.47. The Balaban J connectivity index is 2.10. The van der Waals surface area contributed by atoms with Crippen LogP contribution in [0.2, 0.25) is 0 Å². The predicted molar refractivity (Wildman–Crippen MR) is 58.1 cm³/mol. The van der Waals surface area contributed by atoms with Crippen LogP contribution in [0.4, 0.5) is 4.79 Å². The lowest BCUT2D eigenvalue weighted by Crippen LogP contribution is -2.40. The van der Waals surface area contributed by atoms with Gasteiger partial charge in [0, 0.05) is 12.6 Å². The molecule has 2 heterocycles. The molecule has 6 nitrogen and oxygen atoms in total. The zero-order valence-electron chi connectivity index (χ0n) is 10.0. The van der Waals surface area contributed by atoms with Crippen molar-refractivity contribution in [3.05, 3.63) is 0 Å². The van der Waals surface area contributed by atoms with Gasteiger partial charge in [-0.15, -0.1) is 0 Å². The first kappa shape index (κ1) is 12.0. The minimum atomic E-state index is -0.737. The first-order valence-electron chi connectivity index (χ1n) is 5.83. The summed E-state index contributed by atoms with van der Waals surface area (Å²) < 4.78 is 5.37. The zero-order chi connectivity index (χ0) is 12.6. The van der Waals surface area contributed by atoms with Gasteiger partial charge in [-0.3, -0.25) is 19.4 Å². The monoisotopic (exact) mass is 240 g/mol. The van der Waals surface area contributed by atoms with Crippen molar-refractivity contribution in [1.29, 1.82) is 0 Å². The van der Waals surface area contributed by atoms with Crippen LogP contribution in [0.3, 0.4) is 0 Å². The van der Waals surface area contributed by atoms with Gasteiger partial charge in [-0.25, -0.2) is 4.79 Å². The molecular weight excluding hydrogens is 224 g/mol. The molecule has 2 aliphatic heterocycles. The Hall–Kier alpha value is -1.43. The maximum absolute atomic E-state index is 11.9. The van der Waals surface area contributed by atoms with E-state index in [-0.39, 0.29) is 18.7 Å². The van der Waals surface area contributed by atoms with Crippen LogP contribution < -0.4 is 0 Å². The van der Waals surface area contributed by atoms with Gasteiger partial charge in [-0.05, 0) is 26.7 Å². The van der Waals surface area contributed by atoms with Crippen LogP contribution in [-0.2, 0) is 14.3 Å². The fourth-order valence-corrected chi connectivity index (χ4v) is 2.13. The van der Waals surface area contributed by atoms with Gasteiger partial charge in [-0.2, -0.15) is 0 Å². The first-order chi connectivity index (χ1) is 8.02. The summed E-state index contributed by atoms with van der Waals surface area (Å²) in [5.41, 5.74) is 0. The van der Waals surface area contributed by atoms with Gasteiger partial charge in [0.15, 0.2) is 0 Å². The fourth-order valence-electron chi connectivity index (χ4n) is 2.13. The number of ether oxygens (including phenoxy) is 1. The summed E-state index contributed by atoms with van der Waals surface area (Å²) in [6, 6.07) is -0.820. The molecule has 94 valence electrons. The molecule has 1 atom stereocenters. The largest absolute Gasteiger partial charge is 0.376 e. The molecule has 0 aromatic heterocycles. The Labute approximate surface area is 99.5 Å². The Morgan fingerprint density at radius 1 is 1.29 bits per heavy atom. The molecule has 17 heavy (non-hydrogen) atoms. The highest BCUT2D eigenvalue weighted by Crippen LogP contribution is 2.19. The number of urea groups is 1. The molecule has 6 heteroatoms. The number of amides is 4. The average molecular weight is 240 g/mol. The van der Waals surface area contributed by atoms with Crippen molar-refractivity contribution in [2.75, 3.05) is 13.2 Å². The summed E-state index contributed by atoms with van der Waals surface area (Å²) in [7, 11) is 0. The van der Waals surface area contributed by atoms with Crippen molar-refractivity contribution in [3.8, 4) is 0 Å². The van der Waals surface area contributed by atoms with E-state index in [1.807, 2.05) is 0 Å². The van der Waals surface area contributed by atoms with E-state index in [0.29, 0.717) is 6.61 Å². The quantitative estimate of drug-likeness (QED) is 0.528. The number of imide groups is 2. The lowest BCUT2D eigenvalue weighted by molar-refractivity contribution is -0.144. The number of rotatable bonds is 3. The maximum Gasteiger partial charge on any atom is 0.334 e. The number of hydrogen-bond donors (Lipinski definition) is 0. The van der Waals surface area contributed by atoms with Crippen LogP contribution in [0.1, 0.15) is 26.7 Å². The van der Waals surface area contributed by atoms with Crippen LogP contribution in [0.5, 0.6) is 0 Å². The number of carbonyl (C=O) groups excluding carboxylic acids is 3. The predicted octanol–water partition coefficient (Wildman–Crippen LogP) is 0.365. The van der Waals surface area contributed by atoms with E-state index in [4.69, 9.17) is 4.74 Å². The fraction of sp³-hybridized carbons (Fsp3) is 0.727. The number of carbonyl (C=O) groups is 3. The Bertz CT molecular complexity index is 360. The molecule has 2 aliphatic rings. The van der Waals surface area contributed by atoms with E-state index < -0.39 is 17.8 Å². The molecule has 0 aliphatic carbocycles. The molecule has 1 unspecified atom stereocenters. The van der Waals surface area contributed by atoms with Gasteiger partial charge in [-0.1, -0.05) is 0 Å². The molecule has 4 amide bonds. The summed E-state index contributed by atoms with van der Waals surface area (Å²) in [6.07, 6.45) is 1.64. The normalized spacial score (nSPS) is 25.6. The first-order valence-corrected chi connectivity index (χ1v) is 5.83. The van der Waals surface area contributed by atoms with Crippen molar-refractivity contribution < 1.29 is 19.1 Å². The van der Waals surface area contributed by atoms with Crippen LogP contribution in [-0.4, -0.2) is 52.9 Å². The summed E-state index contributed by atoms with van der Waals surface area (Å²) in [5, 5.41) is 0. The third-order valence-electron chi connectivity index (χ3n) is 3.01. The minimum absolute atomic E-state index is 0.122. The van der Waals surface area contributed by atoms with E-state index in [1.165, 1.54) is 0 Å². The van der Waals surface area contributed by atoms with E-state index in [9.17, 15) is 14.4 Å². The second kappa shape index (κ2) is 4.44. The third-order valence-corrected chi connectivity index (χ3v) is 3.01. The lowest BCUT2D eigenvalue weighted by atomic mass is 10.2. The highest BCUT2D eigenvalue weighted by Gasteiger charge is 2.46. The Kier molecular flexibility index (Phi) is 3.15. The Morgan fingerprint density at radius 3 is 2.47 bits per heavy atom. The van der Waals surface area contributed by atoms with E-state index in [2.05, 4.69) is 0 Å². The number of nitrogens with zero attached hydrogens (tertiary/aromatic N) is 2. The topological polar surface area (TPSA) is 66.9 Å². The Morgan fingerprint density at radius 2 is 2.00 bits per heavy atom. The lowest BCUT2D eigenvalue weighted by Gasteiger charge is -2.20. The van der Waals surface area contributed by atoms with E-state index in [1.54, 1.807) is 13.8 Å². The van der Waals surface area contributed by atoms with Crippen LogP contribution in [0, 0.1) is 0 Å². The molecule has 0 radical (unpaired) electrons. The van der Waals surface area contributed by atoms with Crippen LogP contribution in [0.25, 0.3) is 0 Å². The SMILES string of the molecule is CC(C)N1C(=O)C(=O)N(CC2CCCO2)C1=O. The van der Waals surface area contributed by atoms with Crippen molar-refractivity contribution in [3.63, 3.8) is 0 Å². The van der Waals surface area contributed by atoms with Gasteiger partial charge in [0.25, 0.3) is 0 Å². The summed E-state index contributed by atoms with van der Waals surface area (Å²) in [4.78, 5) is 37.2. The van der Waals surface area contributed by atoms with Gasteiger partial charge in [0.2, 0.25) is 0 Å². The smallest absolute Gasteiger partial charge is 0.334 e. The van der Waals surface area contributed by atoms with Crippen LogP contribution >= 0.6 is 0 Å². The molecule has 2 rings (SSSR count). The molecule has 0 bridgehead atoms. The van der Waals surface area contributed by atoms with E-state index in [0.717, 1.165) is 22.6 Å². The van der Waals surface area contributed by atoms with Gasteiger partial charge in [0.05, 0.1) is 12.6 Å². The standard InChI is InChI=1S/C11H16N2O4/c1-7(2)13-10(15)9(14)12(11(13)16)6-8-4-3-5-17-8/h7-8H,3-6H2,1-2H3. The highest BCUT2D eigenvalue weighted by molar-refractivity contribution is 6.44. The number of hydrogen-bond acceptors (Lipinski definition) is 4. The van der Waals surface area contributed by atoms with Crippen molar-refractivity contribution >= 4 is 17.8 Å². The molecule has 0 N–H and O–H groups in total. The second-order valence-corrected chi connectivity index (χ2v) is 4.60. The summed E-state index contributed by atoms with van der Waals surface area (Å²) in [6.45, 7) is 4.26. The third kappa shape index (κ3) is 2.04. The van der Waals surface area contributed by atoms with Gasteiger partial charge >= 0.3 is 17.8 Å². The van der Waals surface area contributed by atoms with Crippen molar-refractivity contribution in [2.24, 2.45) is 0 Å².